The fourth-order valence-corrected chi connectivity index (χ4v) is 2.79. The molecular formula is C23H29N3O3. The highest BCUT2D eigenvalue weighted by Crippen LogP contribution is 2.14. The van der Waals surface area contributed by atoms with Crippen molar-refractivity contribution in [1.82, 2.24) is 10.2 Å². The van der Waals surface area contributed by atoms with Crippen molar-refractivity contribution in [3.8, 4) is 5.75 Å². The van der Waals surface area contributed by atoms with E-state index in [9.17, 15) is 9.59 Å². The van der Waals surface area contributed by atoms with E-state index < -0.39 is 6.04 Å². The maximum atomic E-state index is 12.6. The number of anilines is 1. The van der Waals surface area contributed by atoms with Crippen molar-refractivity contribution >= 4 is 23.6 Å². The van der Waals surface area contributed by atoms with Gasteiger partial charge in [-0.2, -0.15) is 0 Å². The second-order valence-corrected chi connectivity index (χ2v) is 7.09. The first-order chi connectivity index (χ1) is 13.8. The molecule has 0 aromatic heterocycles. The monoisotopic (exact) mass is 395 g/mol. The molecule has 0 heterocycles. The van der Waals surface area contributed by atoms with E-state index in [-0.39, 0.29) is 11.8 Å². The van der Waals surface area contributed by atoms with Gasteiger partial charge < -0.3 is 19.9 Å². The van der Waals surface area contributed by atoms with Crippen LogP contribution in [-0.2, 0) is 16.1 Å². The van der Waals surface area contributed by atoms with Crippen LogP contribution in [0.25, 0.3) is 6.08 Å². The van der Waals surface area contributed by atoms with Gasteiger partial charge >= 0.3 is 0 Å². The van der Waals surface area contributed by atoms with E-state index in [1.54, 1.807) is 32.1 Å². The van der Waals surface area contributed by atoms with E-state index in [0.717, 1.165) is 22.6 Å². The standard InChI is InChI=1S/C23H29N3O3/c1-17(24-22(27)15-10-18-8-13-21(29-5)14-9-18)23(28)26(4)16-19-6-11-20(12-7-19)25(2)3/h6-15,17H,16H2,1-5H3,(H,24,27)/b15-10+/t17-/m1/s1. The molecule has 0 saturated heterocycles. The van der Waals surface area contributed by atoms with E-state index in [4.69, 9.17) is 4.74 Å². The molecular weight excluding hydrogens is 366 g/mol. The fourth-order valence-electron chi connectivity index (χ4n) is 2.79. The van der Waals surface area contributed by atoms with Gasteiger partial charge in [-0.1, -0.05) is 24.3 Å². The molecule has 0 aliphatic heterocycles. The molecule has 0 radical (unpaired) electrons. The summed E-state index contributed by atoms with van der Waals surface area (Å²) in [6.45, 7) is 2.17. The number of benzene rings is 2. The van der Waals surface area contributed by atoms with E-state index in [0.29, 0.717) is 6.54 Å². The zero-order valence-electron chi connectivity index (χ0n) is 17.7. The van der Waals surface area contributed by atoms with Crippen LogP contribution in [-0.4, -0.2) is 51.0 Å². The summed E-state index contributed by atoms with van der Waals surface area (Å²) in [5, 5.41) is 2.71. The number of hydrogen-bond donors (Lipinski definition) is 1. The van der Waals surface area contributed by atoms with Crippen molar-refractivity contribution < 1.29 is 14.3 Å². The van der Waals surface area contributed by atoms with Crippen molar-refractivity contribution in [3.63, 3.8) is 0 Å². The lowest BCUT2D eigenvalue weighted by atomic mass is 10.1. The van der Waals surface area contributed by atoms with Gasteiger partial charge in [-0.3, -0.25) is 9.59 Å². The second kappa shape index (κ2) is 10.3. The van der Waals surface area contributed by atoms with Crippen molar-refractivity contribution in [3.05, 3.63) is 65.7 Å². The molecule has 6 heteroatoms. The summed E-state index contributed by atoms with van der Waals surface area (Å²) < 4.78 is 5.11. The molecule has 0 spiro atoms. The van der Waals surface area contributed by atoms with Gasteiger partial charge in [0.05, 0.1) is 7.11 Å². The van der Waals surface area contributed by atoms with Gasteiger partial charge in [0.2, 0.25) is 11.8 Å². The Bertz CT molecular complexity index is 843. The number of amides is 2. The first-order valence-electron chi connectivity index (χ1n) is 9.44. The third-order valence-electron chi connectivity index (χ3n) is 4.52. The molecule has 2 aromatic rings. The smallest absolute Gasteiger partial charge is 0.244 e. The summed E-state index contributed by atoms with van der Waals surface area (Å²) in [6, 6.07) is 14.8. The summed E-state index contributed by atoms with van der Waals surface area (Å²) in [4.78, 5) is 28.3. The molecule has 0 bridgehead atoms. The Labute approximate surface area is 172 Å². The van der Waals surface area contributed by atoms with Crippen LogP contribution in [0, 0.1) is 0 Å². The first-order valence-corrected chi connectivity index (χ1v) is 9.44. The zero-order chi connectivity index (χ0) is 21.4. The topological polar surface area (TPSA) is 61.9 Å². The molecule has 154 valence electrons. The lowest BCUT2D eigenvalue weighted by molar-refractivity contribution is -0.134. The Hall–Kier alpha value is -3.28. The normalized spacial score (nSPS) is 11.8. The highest BCUT2D eigenvalue weighted by molar-refractivity contribution is 5.95. The summed E-state index contributed by atoms with van der Waals surface area (Å²) in [7, 11) is 7.31. The van der Waals surface area contributed by atoms with Crippen molar-refractivity contribution in [2.75, 3.05) is 33.2 Å². The predicted molar refractivity (Wildman–Crippen MR) is 117 cm³/mol. The second-order valence-electron chi connectivity index (χ2n) is 7.09. The average Bonchev–Trinajstić information content (AvgIpc) is 2.72. The predicted octanol–water partition coefficient (Wildman–Crippen LogP) is 2.94. The highest BCUT2D eigenvalue weighted by Gasteiger charge is 2.18. The highest BCUT2D eigenvalue weighted by atomic mass is 16.5. The van der Waals surface area contributed by atoms with Crippen LogP contribution in [0.4, 0.5) is 5.69 Å². The minimum Gasteiger partial charge on any atom is -0.497 e. The lowest BCUT2D eigenvalue weighted by Gasteiger charge is -2.22. The Morgan fingerprint density at radius 2 is 1.66 bits per heavy atom. The van der Waals surface area contributed by atoms with Gasteiger partial charge in [0.1, 0.15) is 11.8 Å². The third kappa shape index (κ3) is 6.68. The number of hydrogen-bond acceptors (Lipinski definition) is 4. The lowest BCUT2D eigenvalue weighted by Crippen LogP contribution is -2.44. The van der Waals surface area contributed by atoms with Crippen LogP contribution < -0.4 is 15.0 Å². The summed E-state index contributed by atoms with van der Waals surface area (Å²) in [6.07, 6.45) is 3.12. The molecule has 1 N–H and O–H groups in total. The maximum Gasteiger partial charge on any atom is 0.244 e. The van der Waals surface area contributed by atoms with Crippen LogP contribution in [0.2, 0.25) is 0 Å². The fraction of sp³-hybridized carbons (Fsp3) is 0.304. The van der Waals surface area contributed by atoms with Gasteiger partial charge in [-0.15, -0.1) is 0 Å². The molecule has 0 unspecified atom stereocenters. The van der Waals surface area contributed by atoms with Crippen molar-refractivity contribution in [1.29, 1.82) is 0 Å². The van der Waals surface area contributed by atoms with Crippen molar-refractivity contribution in [2.45, 2.75) is 19.5 Å². The number of likely N-dealkylation sites (N-methyl/N-ethyl adjacent to an activating group) is 1. The maximum absolute atomic E-state index is 12.6. The van der Waals surface area contributed by atoms with E-state index >= 15 is 0 Å². The third-order valence-corrected chi connectivity index (χ3v) is 4.52. The van der Waals surface area contributed by atoms with Gasteiger partial charge in [0, 0.05) is 39.5 Å². The molecule has 29 heavy (non-hydrogen) atoms. The Morgan fingerprint density at radius 3 is 2.21 bits per heavy atom. The number of carbonyl (C=O) groups is 2. The molecule has 2 aromatic carbocycles. The number of rotatable bonds is 8. The largest absolute Gasteiger partial charge is 0.497 e. The summed E-state index contributed by atoms with van der Waals surface area (Å²) in [5.41, 5.74) is 3.01. The Kier molecular flexibility index (Phi) is 7.83. The minimum atomic E-state index is -0.617. The van der Waals surface area contributed by atoms with Crippen LogP contribution in [0.1, 0.15) is 18.1 Å². The molecule has 2 rings (SSSR count). The molecule has 6 nitrogen and oxygen atoms in total. The van der Waals surface area contributed by atoms with Crippen LogP contribution in [0.15, 0.2) is 54.6 Å². The molecule has 2 amide bonds. The number of nitrogens with zero attached hydrogens (tertiary/aromatic N) is 2. The van der Waals surface area contributed by atoms with Gasteiger partial charge in [0.25, 0.3) is 0 Å². The SMILES string of the molecule is COc1ccc(/C=C/C(=O)N[C@H](C)C(=O)N(C)Cc2ccc(N(C)C)cc2)cc1. The Morgan fingerprint density at radius 1 is 1.03 bits per heavy atom. The molecule has 0 fully saturated rings. The van der Waals surface area contributed by atoms with E-state index in [1.165, 1.54) is 6.08 Å². The van der Waals surface area contributed by atoms with Crippen LogP contribution >= 0.6 is 0 Å². The van der Waals surface area contributed by atoms with Gasteiger partial charge in [-0.25, -0.2) is 0 Å². The zero-order valence-corrected chi connectivity index (χ0v) is 17.7. The average molecular weight is 396 g/mol. The summed E-state index contributed by atoms with van der Waals surface area (Å²) in [5.74, 6) is 0.295. The van der Waals surface area contributed by atoms with Crippen molar-refractivity contribution in [2.24, 2.45) is 0 Å². The first kappa shape index (κ1) is 22.0. The van der Waals surface area contributed by atoms with Gasteiger partial charge in [0.15, 0.2) is 0 Å². The Balaban J connectivity index is 1.87. The van der Waals surface area contributed by atoms with Crippen LogP contribution in [0.3, 0.4) is 0 Å². The van der Waals surface area contributed by atoms with E-state index in [2.05, 4.69) is 5.32 Å². The molecule has 1 atom stereocenters. The molecule has 0 saturated carbocycles. The quantitative estimate of drug-likeness (QED) is 0.698. The number of nitrogens with one attached hydrogen (secondary N) is 1. The van der Waals surface area contributed by atoms with E-state index in [1.807, 2.05) is 67.5 Å². The summed E-state index contributed by atoms with van der Waals surface area (Å²) >= 11 is 0. The number of methoxy groups -OCH3 is 1. The van der Waals surface area contributed by atoms with Crippen LogP contribution in [0.5, 0.6) is 5.75 Å². The number of ether oxygens (including phenoxy) is 1. The molecule has 0 aliphatic rings. The van der Waals surface area contributed by atoms with Gasteiger partial charge in [-0.05, 0) is 48.4 Å². The minimum absolute atomic E-state index is 0.145. The molecule has 0 aliphatic carbocycles. The number of carbonyl (C=O) groups excluding carboxylic acids is 2.